The van der Waals surface area contributed by atoms with Gasteiger partial charge in [-0.1, -0.05) is 42.5 Å². The van der Waals surface area contributed by atoms with Crippen molar-refractivity contribution in [1.29, 1.82) is 0 Å². The molecule has 1 saturated heterocycles. The zero-order valence-electron chi connectivity index (χ0n) is 14.2. The number of carbonyl (C=O) groups is 2. The monoisotopic (exact) mass is 355 g/mol. The topological polar surface area (TPSA) is 46.6 Å². The van der Waals surface area contributed by atoms with Crippen molar-refractivity contribution >= 4 is 23.5 Å². The predicted octanol–water partition coefficient (Wildman–Crippen LogP) is 2.95. The Balaban J connectivity index is 1.54. The molecule has 0 bridgehead atoms. The highest BCUT2D eigenvalue weighted by Gasteiger charge is 2.39. The van der Waals surface area contributed by atoms with E-state index < -0.39 is 5.25 Å². The molecule has 1 atom stereocenters. The van der Waals surface area contributed by atoms with E-state index in [2.05, 4.69) is 12.1 Å². The lowest BCUT2D eigenvalue weighted by molar-refractivity contribution is -0.127. The van der Waals surface area contributed by atoms with Crippen molar-refractivity contribution < 1.29 is 14.3 Å². The van der Waals surface area contributed by atoms with E-state index >= 15 is 0 Å². The lowest BCUT2D eigenvalue weighted by Crippen LogP contribution is -2.28. The first-order valence-corrected chi connectivity index (χ1v) is 9.32. The third-order valence-corrected chi connectivity index (χ3v) is 5.46. The number of hydrogen-bond donors (Lipinski definition) is 0. The van der Waals surface area contributed by atoms with Gasteiger partial charge in [-0.2, -0.15) is 0 Å². The molecule has 130 valence electrons. The molecule has 2 aromatic rings. The number of aryl methyl sites for hydroxylation is 1. The van der Waals surface area contributed by atoms with Crippen molar-refractivity contribution in [2.24, 2.45) is 0 Å². The maximum Gasteiger partial charge on any atom is 0.244 e. The largest absolute Gasteiger partial charge is 0.497 e. The minimum Gasteiger partial charge on any atom is -0.497 e. The van der Waals surface area contributed by atoms with Crippen LogP contribution in [0.1, 0.15) is 11.1 Å². The summed E-state index contributed by atoms with van der Waals surface area (Å²) in [6.45, 7) is 0.665. The van der Waals surface area contributed by atoms with Gasteiger partial charge in [-0.25, -0.2) is 0 Å². The molecule has 0 aromatic heterocycles. The summed E-state index contributed by atoms with van der Waals surface area (Å²) in [5, 5.41) is -0.554. The van der Waals surface area contributed by atoms with Crippen molar-refractivity contribution in [2.45, 2.75) is 18.2 Å². The molecule has 0 radical (unpaired) electrons. The van der Waals surface area contributed by atoms with Gasteiger partial charge < -0.3 is 9.64 Å². The molecular formula is C20H21NO3S. The molecule has 2 aromatic carbocycles. The normalized spacial score (nSPS) is 17.2. The van der Waals surface area contributed by atoms with Gasteiger partial charge in [-0.15, -0.1) is 11.8 Å². The minimum absolute atomic E-state index is 0.0107. The Labute approximate surface area is 152 Å². The number of ether oxygens (including phenoxy) is 1. The predicted molar refractivity (Wildman–Crippen MR) is 99.8 cm³/mol. The number of amides is 1. The number of hydrogen-bond acceptors (Lipinski definition) is 4. The summed E-state index contributed by atoms with van der Waals surface area (Å²) in [6.07, 6.45) is 0.862. The van der Waals surface area contributed by atoms with E-state index in [9.17, 15) is 9.59 Å². The number of rotatable bonds is 7. The van der Waals surface area contributed by atoms with Gasteiger partial charge in [0.1, 0.15) is 11.0 Å². The molecule has 5 heteroatoms. The van der Waals surface area contributed by atoms with E-state index in [0.717, 1.165) is 23.5 Å². The van der Waals surface area contributed by atoms with Crippen LogP contribution in [0, 0.1) is 0 Å². The van der Waals surface area contributed by atoms with Gasteiger partial charge in [-0.3, -0.25) is 9.59 Å². The van der Waals surface area contributed by atoms with Gasteiger partial charge >= 0.3 is 0 Å². The van der Waals surface area contributed by atoms with Crippen LogP contribution in [0.3, 0.4) is 0 Å². The SMILES string of the molecule is COc1ccc(CN2CC(=O)C(SCCc3ccccc3)C2=O)cc1. The van der Waals surface area contributed by atoms with Crippen molar-refractivity contribution in [3.63, 3.8) is 0 Å². The Morgan fingerprint density at radius 1 is 1.04 bits per heavy atom. The van der Waals surface area contributed by atoms with E-state index in [0.29, 0.717) is 6.54 Å². The third-order valence-electron chi connectivity index (χ3n) is 4.23. The van der Waals surface area contributed by atoms with Crippen LogP contribution in [0.2, 0.25) is 0 Å². The van der Waals surface area contributed by atoms with E-state index in [1.54, 1.807) is 12.0 Å². The van der Waals surface area contributed by atoms with Crippen molar-refractivity contribution in [3.05, 3.63) is 65.7 Å². The molecule has 4 nitrogen and oxygen atoms in total. The quantitative estimate of drug-likeness (QED) is 0.717. The van der Waals surface area contributed by atoms with Crippen LogP contribution >= 0.6 is 11.8 Å². The van der Waals surface area contributed by atoms with Gasteiger partial charge in [0.25, 0.3) is 0 Å². The van der Waals surface area contributed by atoms with Gasteiger partial charge in [0, 0.05) is 6.54 Å². The Morgan fingerprint density at radius 3 is 2.44 bits per heavy atom. The van der Waals surface area contributed by atoms with Gasteiger partial charge in [-0.05, 0) is 35.4 Å². The molecule has 0 spiro atoms. The first kappa shape index (κ1) is 17.5. The zero-order chi connectivity index (χ0) is 17.6. The second-order valence-electron chi connectivity index (χ2n) is 6.00. The molecule has 0 N–H and O–H groups in total. The molecule has 1 aliphatic rings. The van der Waals surface area contributed by atoms with Crippen molar-refractivity contribution in [2.75, 3.05) is 19.4 Å². The van der Waals surface area contributed by atoms with Crippen LogP contribution in [0.4, 0.5) is 0 Å². The third kappa shape index (κ3) is 4.42. The molecular weight excluding hydrogens is 334 g/mol. The summed E-state index contributed by atoms with van der Waals surface area (Å²) in [7, 11) is 1.62. The van der Waals surface area contributed by atoms with E-state index in [1.165, 1.54) is 17.3 Å². The van der Waals surface area contributed by atoms with E-state index in [1.807, 2.05) is 42.5 Å². The Bertz CT molecular complexity index is 730. The molecule has 0 saturated carbocycles. The summed E-state index contributed by atoms with van der Waals surface area (Å²) in [5.41, 5.74) is 2.22. The lowest BCUT2D eigenvalue weighted by Gasteiger charge is -2.16. The Hall–Kier alpha value is -2.27. The van der Waals surface area contributed by atoms with Crippen molar-refractivity contribution in [1.82, 2.24) is 4.90 Å². The molecule has 3 rings (SSSR count). The maximum absolute atomic E-state index is 12.5. The number of nitrogens with zero attached hydrogens (tertiary/aromatic N) is 1. The molecule has 1 aliphatic heterocycles. The van der Waals surface area contributed by atoms with Crippen molar-refractivity contribution in [3.8, 4) is 5.75 Å². The fraction of sp³-hybridized carbons (Fsp3) is 0.300. The zero-order valence-corrected chi connectivity index (χ0v) is 15.0. The fourth-order valence-corrected chi connectivity index (χ4v) is 3.98. The van der Waals surface area contributed by atoms with Crippen LogP contribution in [0.5, 0.6) is 5.75 Å². The number of Topliss-reactive ketones (excluding diaryl/α,β-unsaturated/α-hetero) is 1. The Kier molecular flexibility index (Phi) is 5.76. The van der Waals surface area contributed by atoms with Crippen LogP contribution in [-0.4, -0.2) is 41.2 Å². The molecule has 0 aliphatic carbocycles. The molecule has 1 amide bonds. The Morgan fingerprint density at radius 2 is 1.76 bits per heavy atom. The summed E-state index contributed by atoms with van der Waals surface area (Å²) < 4.78 is 5.14. The van der Waals surface area contributed by atoms with E-state index in [-0.39, 0.29) is 18.2 Å². The smallest absolute Gasteiger partial charge is 0.244 e. The highest BCUT2D eigenvalue weighted by molar-refractivity contribution is 8.01. The molecule has 1 unspecified atom stereocenters. The summed E-state index contributed by atoms with van der Waals surface area (Å²) in [4.78, 5) is 26.4. The van der Waals surface area contributed by atoms with Crippen LogP contribution < -0.4 is 4.74 Å². The summed E-state index contributed by atoms with van der Waals surface area (Å²) in [6, 6.07) is 17.7. The summed E-state index contributed by atoms with van der Waals surface area (Å²) >= 11 is 1.45. The first-order chi connectivity index (χ1) is 12.2. The van der Waals surface area contributed by atoms with Gasteiger partial charge in [0.15, 0.2) is 5.78 Å². The first-order valence-electron chi connectivity index (χ1n) is 8.27. The second kappa shape index (κ2) is 8.21. The number of carbonyl (C=O) groups excluding carboxylic acids is 2. The minimum atomic E-state index is -0.554. The van der Waals surface area contributed by atoms with Crippen LogP contribution in [-0.2, 0) is 22.6 Å². The average Bonchev–Trinajstić information content (AvgIpc) is 2.90. The van der Waals surface area contributed by atoms with Crippen LogP contribution in [0.15, 0.2) is 54.6 Å². The van der Waals surface area contributed by atoms with E-state index in [4.69, 9.17) is 4.74 Å². The maximum atomic E-state index is 12.5. The van der Waals surface area contributed by atoms with Gasteiger partial charge in [0.2, 0.25) is 5.91 Å². The van der Waals surface area contributed by atoms with Gasteiger partial charge in [0.05, 0.1) is 13.7 Å². The molecule has 25 heavy (non-hydrogen) atoms. The molecule has 1 heterocycles. The highest BCUT2D eigenvalue weighted by atomic mass is 32.2. The molecule has 1 fully saturated rings. The standard InChI is InChI=1S/C20H21NO3S/c1-24-17-9-7-16(8-10-17)13-21-14-18(22)19(20(21)23)25-12-11-15-5-3-2-4-6-15/h2-10,19H,11-14H2,1H3. The average molecular weight is 355 g/mol. The summed E-state index contributed by atoms with van der Waals surface area (Å²) in [5.74, 6) is 1.49. The number of thioether (sulfide) groups is 1. The lowest BCUT2D eigenvalue weighted by atomic mass is 10.2. The number of benzene rings is 2. The fourth-order valence-electron chi connectivity index (χ4n) is 2.84. The number of likely N-dealkylation sites (tertiary alicyclic amines) is 1. The van der Waals surface area contributed by atoms with Crippen LogP contribution in [0.25, 0.3) is 0 Å². The second-order valence-corrected chi connectivity index (χ2v) is 7.21. The number of methoxy groups -OCH3 is 1. The highest BCUT2D eigenvalue weighted by Crippen LogP contribution is 2.24. The number of ketones is 1.